The van der Waals surface area contributed by atoms with Gasteiger partial charge in [0.05, 0.1) is 12.2 Å². The van der Waals surface area contributed by atoms with Gasteiger partial charge in [0.2, 0.25) is 0 Å². The molecule has 0 spiro atoms. The van der Waals surface area contributed by atoms with E-state index in [-0.39, 0.29) is 30.7 Å². The monoisotopic (exact) mass is 388 g/mol. The Morgan fingerprint density at radius 2 is 1.96 bits per heavy atom. The van der Waals surface area contributed by atoms with Crippen molar-refractivity contribution in [3.63, 3.8) is 0 Å². The maximum atomic E-state index is 12.4. The summed E-state index contributed by atoms with van der Waals surface area (Å²) in [5, 5.41) is 6.13. The van der Waals surface area contributed by atoms with E-state index < -0.39 is 0 Å². The molecule has 0 bridgehead atoms. The zero-order valence-corrected chi connectivity index (χ0v) is 16.4. The van der Waals surface area contributed by atoms with Crippen LogP contribution >= 0.6 is 24.8 Å². The van der Waals surface area contributed by atoms with Crippen LogP contribution < -0.4 is 10.6 Å². The van der Waals surface area contributed by atoms with E-state index >= 15 is 0 Å². The van der Waals surface area contributed by atoms with Crippen molar-refractivity contribution in [3.8, 4) is 5.82 Å². The lowest BCUT2D eigenvalue weighted by atomic mass is 10.2. The first-order valence-electron chi connectivity index (χ1n) is 7.73. The molecule has 2 aromatic rings. The second-order valence-corrected chi connectivity index (χ2v) is 5.31. The highest BCUT2D eigenvalue weighted by Crippen LogP contribution is 2.19. The number of aryl methyl sites for hydroxylation is 1. The van der Waals surface area contributed by atoms with Crippen molar-refractivity contribution < 1.29 is 9.53 Å². The van der Waals surface area contributed by atoms with Crippen molar-refractivity contribution in [2.75, 3.05) is 33.4 Å². The van der Waals surface area contributed by atoms with Gasteiger partial charge in [0, 0.05) is 44.3 Å². The van der Waals surface area contributed by atoms with E-state index in [9.17, 15) is 4.79 Å². The Kier molecular flexibility index (Phi) is 11.1. The molecule has 6 nitrogen and oxygen atoms in total. The lowest BCUT2D eigenvalue weighted by Crippen LogP contribution is -2.33. The van der Waals surface area contributed by atoms with Gasteiger partial charge in [-0.25, -0.2) is 4.98 Å². The zero-order chi connectivity index (χ0) is 16.7. The summed E-state index contributed by atoms with van der Waals surface area (Å²) in [5.74, 6) is 0.761. The van der Waals surface area contributed by atoms with E-state index in [2.05, 4.69) is 15.6 Å². The maximum Gasteiger partial charge on any atom is 0.253 e. The molecule has 0 unspecified atom stereocenters. The topological polar surface area (TPSA) is 68.2 Å². The molecule has 0 radical (unpaired) electrons. The molecule has 0 aliphatic carbocycles. The SMILES string of the molecule is COCCNCCNC(=O)c1cc(C)n(-c2ccccn2)c1C.Cl.Cl. The van der Waals surface area contributed by atoms with Crippen molar-refractivity contribution in [1.82, 2.24) is 20.2 Å². The van der Waals surface area contributed by atoms with E-state index in [1.807, 2.05) is 42.7 Å². The number of carbonyl (C=O) groups is 1. The number of carbonyl (C=O) groups excluding carboxylic acids is 1. The van der Waals surface area contributed by atoms with E-state index in [0.29, 0.717) is 25.3 Å². The number of nitrogens with one attached hydrogen (secondary N) is 2. The number of rotatable bonds is 8. The molecule has 25 heavy (non-hydrogen) atoms. The molecule has 8 heteroatoms. The van der Waals surface area contributed by atoms with Gasteiger partial charge >= 0.3 is 0 Å². The molecule has 0 aromatic carbocycles. The molecule has 0 atom stereocenters. The van der Waals surface area contributed by atoms with Crippen LogP contribution in [-0.2, 0) is 4.74 Å². The number of aromatic nitrogens is 2. The number of hydrogen-bond acceptors (Lipinski definition) is 4. The van der Waals surface area contributed by atoms with E-state index in [0.717, 1.165) is 23.8 Å². The summed E-state index contributed by atoms with van der Waals surface area (Å²) in [7, 11) is 1.67. The van der Waals surface area contributed by atoms with Crippen molar-refractivity contribution in [2.45, 2.75) is 13.8 Å². The van der Waals surface area contributed by atoms with Gasteiger partial charge in [0.25, 0.3) is 5.91 Å². The average Bonchev–Trinajstić information content (AvgIpc) is 2.86. The predicted molar refractivity (Wildman–Crippen MR) is 105 cm³/mol. The number of methoxy groups -OCH3 is 1. The highest BCUT2D eigenvalue weighted by Gasteiger charge is 2.16. The van der Waals surface area contributed by atoms with Gasteiger partial charge < -0.3 is 19.9 Å². The lowest BCUT2D eigenvalue weighted by molar-refractivity contribution is 0.0953. The Labute approximate surface area is 161 Å². The Hall–Kier alpha value is -1.60. The highest BCUT2D eigenvalue weighted by molar-refractivity contribution is 5.95. The summed E-state index contributed by atoms with van der Waals surface area (Å²) in [5.41, 5.74) is 2.57. The van der Waals surface area contributed by atoms with Gasteiger partial charge in [0.1, 0.15) is 5.82 Å². The summed E-state index contributed by atoms with van der Waals surface area (Å²) in [6.45, 7) is 6.65. The fourth-order valence-electron chi connectivity index (χ4n) is 2.49. The number of ether oxygens (including phenoxy) is 1. The molecule has 2 aromatic heterocycles. The van der Waals surface area contributed by atoms with Crippen LogP contribution in [0.15, 0.2) is 30.5 Å². The van der Waals surface area contributed by atoms with E-state index in [1.165, 1.54) is 0 Å². The molecule has 0 aliphatic rings. The first-order valence-corrected chi connectivity index (χ1v) is 7.73. The molecule has 0 saturated heterocycles. The number of pyridine rings is 1. The van der Waals surface area contributed by atoms with E-state index in [4.69, 9.17) is 4.74 Å². The molecule has 0 aliphatic heterocycles. The number of hydrogen-bond donors (Lipinski definition) is 2. The van der Waals surface area contributed by atoms with Crippen LogP contribution in [0.1, 0.15) is 21.7 Å². The van der Waals surface area contributed by atoms with Crippen molar-refractivity contribution in [3.05, 3.63) is 47.4 Å². The second kappa shape index (κ2) is 11.9. The molecule has 1 amide bonds. The molecular formula is C17H26Cl2N4O2. The van der Waals surface area contributed by atoms with Crippen LogP contribution in [-0.4, -0.2) is 48.8 Å². The van der Waals surface area contributed by atoms with Gasteiger partial charge in [-0.2, -0.15) is 0 Å². The first kappa shape index (κ1) is 23.4. The van der Waals surface area contributed by atoms with Crippen LogP contribution in [0, 0.1) is 13.8 Å². The predicted octanol–water partition coefficient (Wildman–Crippen LogP) is 2.30. The van der Waals surface area contributed by atoms with Crippen LogP contribution in [0.2, 0.25) is 0 Å². The highest BCUT2D eigenvalue weighted by atomic mass is 35.5. The zero-order valence-electron chi connectivity index (χ0n) is 14.7. The Morgan fingerprint density at radius 1 is 1.20 bits per heavy atom. The summed E-state index contributed by atoms with van der Waals surface area (Å²) in [6.07, 6.45) is 1.75. The largest absolute Gasteiger partial charge is 0.383 e. The number of nitrogens with zero attached hydrogens (tertiary/aromatic N) is 2. The summed E-state index contributed by atoms with van der Waals surface area (Å²) in [4.78, 5) is 16.7. The standard InChI is InChI=1S/C17H24N4O2.2ClH/c1-13-12-15(17(22)20-9-8-18-10-11-23-3)14(2)21(13)16-6-4-5-7-19-16;;/h4-7,12,18H,8-11H2,1-3H3,(H,20,22);2*1H. The van der Waals surface area contributed by atoms with Crippen LogP contribution in [0.4, 0.5) is 0 Å². The maximum absolute atomic E-state index is 12.4. The molecule has 0 fully saturated rings. The van der Waals surface area contributed by atoms with Gasteiger partial charge in [-0.3, -0.25) is 4.79 Å². The number of halogens is 2. The fraction of sp³-hybridized carbons (Fsp3) is 0.412. The Balaban J connectivity index is 0.00000288. The summed E-state index contributed by atoms with van der Waals surface area (Å²) in [6, 6.07) is 7.65. The van der Waals surface area contributed by atoms with Crippen LogP contribution in [0.25, 0.3) is 5.82 Å². The minimum absolute atomic E-state index is 0. The molecule has 2 heterocycles. The quantitative estimate of drug-likeness (QED) is 0.680. The third-order valence-electron chi connectivity index (χ3n) is 3.62. The fourth-order valence-corrected chi connectivity index (χ4v) is 2.49. The van der Waals surface area contributed by atoms with Crippen molar-refractivity contribution in [2.24, 2.45) is 0 Å². The van der Waals surface area contributed by atoms with Crippen molar-refractivity contribution in [1.29, 1.82) is 0 Å². The minimum Gasteiger partial charge on any atom is -0.383 e. The minimum atomic E-state index is -0.0613. The van der Waals surface area contributed by atoms with Crippen molar-refractivity contribution >= 4 is 30.7 Å². The molecule has 0 saturated carbocycles. The Bertz CT molecular complexity index is 648. The molecule has 2 N–H and O–H groups in total. The number of amides is 1. The van der Waals surface area contributed by atoms with Gasteiger partial charge in [-0.15, -0.1) is 24.8 Å². The smallest absolute Gasteiger partial charge is 0.253 e. The summed E-state index contributed by atoms with van der Waals surface area (Å²) >= 11 is 0. The van der Waals surface area contributed by atoms with Crippen LogP contribution in [0.3, 0.4) is 0 Å². The Morgan fingerprint density at radius 3 is 2.60 bits per heavy atom. The second-order valence-electron chi connectivity index (χ2n) is 5.31. The van der Waals surface area contributed by atoms with E-state index in [1.54, 1.807) is 13.3 Å². The van der Waals surface area contributed by atoms with Gasteiger partial charge in [0.15, 0.2) is 0 Å². The van der Waals surface area contributed by atoms with Gasteiger partial charge in [-0.1, -0.05) is 6.07 Å². The normalized spacial score (nSPS) is 9.88. The molecule has 140 valence electrons. The molecular weight excluding hydrogens is 363 g/mol. The summed E-state index contributed by atoms with van der Waals surface area (Å²) < 4.78 is 6.95. The third kappa shape index (κ3) is 6.32. The van der Waals surface area contributed by atoms with Crippen LogP contribution in [0.5, 0.6) is 0 Å². The first-order chi connectivity index (χ1) is 11.1. The third-order valence-corrected chi connectivity index (χ3v) is 3.62. The van der Waals surface area contributed by atoms with Gasteiger partial charge in [-0.05, 0) is 32.0 Å². The lowest BCUT2D eigenvalue weighted by Gasteiger charge is -2.09. The molecule has 2 rings (SSSR count). The average molecular weight is 389 g/mol.